The van der Waals surface area contributed by atoms with Crippen LogP contribution < -0.4 is 0 Å². The van der Waals surface area contributed by atoms with Crippen LogP contribution in [-0.2, 0) is 4.79 Å². The van der Waals surface area contributed by atoms with Crippen LogP contribution in [0.2, 0.25) is 0 Å². The number of hydrogen-bond acceptors (Lipinski definition) is 3. The predicted octanol–water partition coefficient (Wildman–Crippen LogP) is 2.38. The summed E-state index contributed by atoms with van der Waals surface area (Å²) < 4.78 is 14.1. The van der Waals surface area contributed by atoms with Crippen molar-refractivity contribution in [1.82, 2.24) is 4.90 Å². The first-order valence-corrected chi connectivity index (χ1v) is 6.91. The van der Waals surface area contributed by atoms with Crippen molar-refractivity contribution in [3.8, 4) is 0 Å². The predicted molar refractivity (Wildman–Crippen MR) is 74.2 cm³/mol. The van der Waals surface area contributed by atoms with Crippen molar-refractivity contribution in [3.63, 3.8) is 0 Å². The minimum absolute atomic E-state index is 0.0914. The topological polar surface area (TPSA) is 60.8 Å². The molecule has 0 radical (unpaired) electrons. The number of halogens is 1. The van der Waals surface area contributed by atoms with Crippen molar-refractivity contribution in [2.45, 2.75) is 32.5 Å². The third kappa shape index (κ3) is 2.87. The number of likely N-dealkylation sites (tertiary alicyclic amines) is 1. The molecule has 2 aliphatic rings. The first kappa shape index (κ1) is 15.0. The third-order valence-corrected chi connectivity index (χ3v) is 4.31. The molecule has 0 aromatic carbocycles. The number of alkyl halides is 1. The molecule has 5 heteroatoms. The summed E-state index contributed by atoms with van der Waals surface area (Å²) in [4.78, 5) is 13.6. The SMILES string of the molecule is CC(C)(C)N1CC(C(=O)O)[C@H](C2C=CC(O)=CC2F)C1. The van der Waals surface area contributed by atoms with Crippen LogP contribution in [0.15, 0.2) is 24.0 Å². The molecule has 0 amide bonds. The number of aliphatic carboxylic acids is 1. The number of allylic oxidation sites excluding steroid dienone is 3. The van der Waals surface area contributed by atoms with Crippen LogP contribution in [0, 0.1) is 17.8 Å². The third-order valence-electron chi connectivity index (χ3n) is 4.31. The van der Waals surface area contributed by atoms with Gasteiger partial charge in [0, 0.05) is 24.5 Å². The summed E-state index contributed by atoms with van der Waals surface area (Å²) in [7, 11) is 0. The van der Waals surface area contributed by atoms with Crippen molar-refractivity contribution < 1.29 is 19.4 Å². The lowest BCUT2D eigenvalue weighted by Gasteiger charge is -2.32. The Morgan fingerprint density at radius 1 is 1.40 bits per heavy atom. The highest BCUT2D eigenvalue weighted by Gasteiger charge is 2.46. The monoisotopic (exact) mass is 283 g/mol. The van der Waals surface area contributed by atoms with Gasteiger partial charge in [0.2, 0.25) is 0 Å². The molecule has 0 aromatic rings. The van der Waals surface area contributed by atoms with Gasteiger partial charge in [-0.1, -0.05) is 6.08 Å². The van der Waals surface area contributed by atoms with Crippen molar-refractivity contribution in [2.75, 3.05) is 13.1 Å². The summed E-state index contributed by atoms with van der Waals surface area (Å²) >= 11 is 0. The van der Waals surface area contributed by atoms with Gasteiger partial charge in [0.15, 0.2) is 0 Å². The molecule has 1 aliphatic carbocycles. The number of hydrogen-bond donors (Lipinski definition) is 2. The average molecular weight is 283 g/mol. The molecule has 1 heterocycles. The Kier molecular flexibility index (Phi) is 3.91. The highest BCUT2D eigenvalue weighted by atomic mass is 19.1. The fourth-order valence-electron chi connectivity index (χ4n) is 3.05. The number of carboxylic acid groups (broad SMARTS) is 1. The molecular formula is C15H22FNO3. The van der Waals surface area contributed by atoms with Gasteiger partial charge in [-0.15, -0.1) is 0 Å². The summed E-state index contributed by atoms with van der Waals surface area (Å²) in [5.74, 6) is -2.30. The van der Waals surface area contributed by atoms with E-state index in [1.807, 2.05) is 20.8 Å². The van der Waals surface area contributed by atoms with Crippen molar-refractivity contribution in [2.24, 2.45) is 17.8 Å². The van der Waals surface area contributed by atoms with Crippen LogP contribution in [0.1, 0.15) is 20.8 Å². The maximum atomic E-state index is 14.1. The van der Waals surface area contributed by atoms with Gasteiger partial charge in [-0.05, 0) is 38.8 Å². The van der Waals surface area contributed by atoms with E-state index in [-0.39, 0.29) is 17.2 Å². The number of aliphatic hydroxyl groups excluding tert-OH is 1. The fourth-order valence-corrected chi connectivity index (χ4v) is 3.05. The Balaban J connectivity index is 2.21. The number of aliphatic hydroxyl groups is 1. The van der Waals surface area contributed by atoms with Gasteiger partial charge in [-0.2, -0.15) is 0 Å². The molecule has 4 atom stereocenters. The zero-order valence-corrected chi connectivity index (χ0v) is 12.1. The van der Waals surface area contributed by atoms with Crippen molar-refractivity contribution in [3.05, 3.63) is 24.0 Å². The summed E-state index contributed by atoms with van der Waals surface area (Å²) in [6, 6.07) is 0. The van der Waals surface area contributed by atoms with Gasteiger partial charge in [0.1, 0.15) is 11.9 Å². The van der Waals surface area contributed by atoms with E-state index in [4.69, 9.17) is 0 Å². The Bertz CT molecular complexity index is 453. The van der Waals surface area contributed by atoms with Gasteiger partial charge in [0.05, 0.1) is 5.92 Å². The van der Waals surface area contributed by atoms with E-state index < -0.39 is 24.0 Å². The first-order valence-electron chi connectivity index (χ1n) is 6.91. The Labute approximate surface area is 118 Å². The van der Waals surface area contributed by atoms with Crippen LogP contribution in [-0.4, -0.2) is 45.9 Å². The molecule has 112 valence electrons. The van der Waals surface area contributed by atoms with Crippen LogP contribution >= 0.6 is 0 Å². The fraction of sp³-hybridized carbons (Fsp3) is 0.667. The summed E-state index contributed by atoms with van der Waals surface area (Å²) in [6.07, 6.45) is 2.89. The minimum Gasteiger partial charge on any atom is -0.508 e. The van der Waals surface area contributed by atoms with Crippen LogP contribution in [0.3, 0.4) is 0 Å². The average Bonchev–Trinajstić information content (AvgIpc) is 2.73. The highest BCUT2D eigenvalue weighted by molar-refractivity contribution is 5.71. The number of rotatable bonds is 2. The first-order chi connectivity index (χ1) is 9.20. The lowest BCUT2D eigenvalue weighted by Crippen LogP contribution is -2.40. The van der Waals surface area contributed by atoms with Crippen LogP contribution in [0.4, 0.5) is 4.39 Å². The lowest BCUT2D eigenvalue weighted by atomic mass is 9.79. The molecule has 4 nitrogen and oxygen atoms in total. The molecular weight excluding hydrogens is 261 g/mol. The molecule has 1 saturated heterocycles. The van der Waals surface area contributed by atoms with Gasteiger partial charge < -0.3 is 10.2 Å². The second kappa shape index (κ2) is 5.20. The van der Waals surface area contributed by atoms with Crippen molar-refractivity contribution >= 4 is 5.97 Å². The summed E-state index contributed by atoms with van der Waals surface area (Å²) in [5.41, 5.74) is -0.134. The lowest BCUT2D eigenvalue weighted by molar-refractivity contribution is -0.143. The van der Waals surface area contributed by atoms with Gasteiger partial charge in [0.25, 0.3) is 0 Å². The summed E-state index contributed by atoms with van der Waals surface area (Å²) in [6.45, 7) is 7.09. The Morgan fingerprint density at radius 3 is 2.55 bits per heavy atom. The van der Waals surface area contributed by atoms with E-state index >= 15 is 0 Å². The van der Waals surface area contributed by atoms with Gasteiger partial charge in [-0.25, -0.2) is 4.39 Å². The number of carboxylic acids is 1. The second-order valence-electron chi connectivity index (χ2n) is 6.66. The highest BCUT2D eigenvalue weighted by Crippen LogP contribution is 2.38. The Morgan fingerprint density at radius 2 is 2.05 bits per heavy atom. The molecule has 2 N–H and O–H groups in total. The maximum Gasteiger partial charge on any atom is 0.308 e. The Hall–Kier alpha value is -1.36. The van der Waals surface area contributed by atoms with Crippen LogP contribution in [0.5, 0.6) is 0 Å². The minimum atomic E-state index is -1.33. The zero-order chi connectivity index (χ0) is 15.1. The largest absolute Gasteiger partial charge is 0.508 e. The van der Waals surface area contributed by atoms with E-state index in [1.54, 1.807) is 6.08 Å². The van der Waals surface area contributed by atoms with Crippen molar-refractivity contribution in [1.29, 1.82) is 0 Å². The molecule has 20 heavy (non-hydrogen) atoms. The molecule has 1 aliphatic heterocycles. The van der Waals surface area contributed by atoms with E-state index in [0.29, 0.717) is 13.1 Å². The van der Waals surface area contributed by atoms with Gasteiger partial charge >= 0.3 is 5.97 Å². The van der Waals surface area contributed by atoms with E-state index in [9.17, 15) is 19.4 Å². The van der Waals surface area contributed by atoms with Gasteiger partial charge in [-0.3, -0.25) is 9.69 Å². The van der Waals surface area contributed by atoms with E-state index in [0.717, 1.165) is 6.08 Å². The molecule has 0 aromatic heterocycles. The quantitative estimate of drug-likeness (QED) is 0.817. The molecule has 2 rings (SSSR count). The molecule has 0 saturated carbocycles. The second-order valence-corrected chi connectivity index (χ2v) is 6.66. The normalized spacial score (nSPS) is 35.1. The molecule has 3 unspecified atom stereocenters. The van der Waals surface area contributed by atoms with E-state index in [2.05, 4.69) is 4.90 Å². The maximum absolute atomic E-state index is 14.1. The number of nitrogens with zero attached hydrogens (tertiary/aromatic N) is 1. The number of carbonyl (C=O) groups is 1. The molecule has 0 spiro atoms. The van der Waals surface area contributed by atoms with E-state index in [1.165, 1.54) is 6.08 Å². The smallest absolute Gasteiger partial charge is 0.308 e. The molecule has 1 fully saturated rings. The zero-order valence-electron chi connectivity index (χ0n) is 12.1. The molecule has 0 bridgehead atoms. The standard InChI is InChI=1S/C15H22FNO3/c1-15(2,3)17-7-11(12(8-17)14(19)20)10-5-4-9(18)6-13(10)16/h4-6,10-13,18H,7-8H2,1-3H3,(H,19,20)/t10?,11-,12?,13?/m0/s1. The summed E-state index contributed by atoms with van der Waals surface area (Å²) in [5, 5.41) is 18.7. The van der Waals surface area contributed by atoms with Crippen LogP contribution in [0.25, 0.3) is 0 Å².